The van der Waals surface area contributed by atoms with Crippen LogP contribution in [-0.4, -0.2) is 17.4 Å². The molecule has 3 aromatic rings. The normalized spacial score (nSPS) is 11.9. The Morgan fingerprint density at radius 1 is 0.905 bits per heavy atom. The maximum atomic E-state index is 6.05. The molecule has 0 amide bonds. The highest BCUT2D eigenvalue weighted by Crippen LogP contribution is 2.19. The molecule has 0 unspecified atom stereocenters. The summed E-state index contributed by atoms with van der Waals surface area (Å²) in [4.78, 5) is 3.18. The molecule has 0 bridgehead atoms. The summed E-state index contributed by atoms with van der Waals surface area (Å²) in [5, 5.41) is 10.3. The summed E-state index contributed by atoms with van der Waals surface area (Å²) in [5.74, 6) is 0. The number of benzene rings is 2. The Morgan fingerprint density at radius 3 is 2.48 bits per heavy atom. The Morgan fingerprint density at radius 2 is 1.67 bits per heavy atom. The van der Waals surface area contributed by atoms with Crippen molar-refractivity contribution < 1.29 is 0 Å². The maximum Gasteiger partial charge on any atom is 0.0589 e. The molecular weight excluding hydrogens is 305 g/mol. The molecule has 0 aliphatic carbocycles. The van der Waals surface area contributed by atoms with E-state index in [0.717, 1.165) is 22.0 Å². The predicted octanol–water partition coefficient (Wildman–Crippen LogP) is 4.93. The van der Waals surface area contributed by atoms with Gasteiger partial charge in [0.25, 0.3) is 0 Å². The molecule has 0 radical (unpaired) electrons. The molecule has 1 N–H and O–H groups in total. The summed E-state index contributed by atoms with van der Waals surface area (Å²) in [7, 11) is 0. The molecule has 3 nitrogen and oxygen atoms in total. The minimum Gasteiger partial charge on any atom is -0.361 e. The first-order valence-corrected chi connectivity index (χ1v) is 7.07. The SMILES string of the molecule is Clc1ccc(/C=N/N=C/c2c[nH]c3ccccc23)c(Cl)c1. The molecule has 0 spiro atoms. The maximum absolute atomic E-state index is 6.05. The number of nitrogens with zero attached hydrogens (tertiary/aromatic N) is 2. The van der Waals surface area contributed by atoms with Gasteiger partial charge in [-0.2, -0.15) is 10.2 Å². The zero-order valence-corrected chi connectivity index (χ0v) is 12.4. The van der Waals surface area contributed by atoms with Gasteiger partial charge < -0.3 is 4.98 Å². The second kappa shape index (κ2) is 6.12. The van der Waals surface area contributed by atoms with Crippen LogP contribution in [0.2, 0.25) is 10.0 Å². The molecule has 0 saturated carbocycles. The van der Waals surface area contributed by atoms with Crippen molar-refractivity contribution >= 4 is 46.5 Å². The molecule has 1 aromatic heterocycles. The molecule has 1 heterocycles. The van der Waals surface area contributed by atoms with Crippen LogP contribution in [0.25, 0.3) is 10.9 Å². The van der Waals surface area contributed by atoms with Crippen molar-refractivity contribution in [2.45, 2.75) is 0 Å². The third-order valence-corrected chi connectivity index (χ3v) is 3.61. The minimum absolute atomic E-state index is 0.550. The van der Waals surface area contributed by atoms with Crippen LogP contribution in [0.15, 0.2) is 58.9 Å². The van der Waals surface area contributed by atoms with Crippen molar-refractivity contribution in [1.29, 1.82) is 0 Å². The number of para-hydroxylation sites is 1. The number of aromatic amines is 1. The van der Waals surface area contributed by atoms with Crippen molar-refractivity contribution in [2.24, 2.45) is 10.2 Å². The van der Waals surface area contributed by atoms with Crippen LogP contribution in [0, 0.1) is 0 Å². The van der Waals surface area contributed by atoms with Gasteiger partial charge in [0.15, 0.2) is 0 Å². The van der Waals surface area contributed by atoms with Gasteiger partial charge in [0.05, 0.1) is 17.5 Å². The topological polar surface area (TPSA) is 40.5 Å². The Bertz CT molecular complexity index is 834. The zero-order chi connectivity index (χ0) is 14.7. The fraction of sp³-hybridized carbons (Fsp3) is 0. The Kier molecular flexibility index (Phi) is 4.04. The minimum atomic E-state index is 0.550. The molecular formula is C16H11Cl2N3. The molecule has 3 rings (SSSR count). The molecule has 2 aromatic carbocycles. The second-order valence-electron chi connectivity index (χ2n) is 4.44. The molecule has 0 aliphatic rings. The third-order valence-electron chi connectivity index (χ3n) is 3.04. The monoisotopic (exact) mass is 315 g/mol. The summed E-state index contributed by atoms with van der Waals surface area (Å²) in [5.41, 5.74) is 2.84. The number of hydrogen-bond acceptors (Lipinski definition) is 2. The van der Waals surface area contributed by atoms with Crippen LogP contribution in [0.4, 0.5) is 0 Å². The van der Waals surface area contributed by atoms with Crippen LogP contribution in [0.1, 0.15) is 11.1 Å². The highest BCUT2D eigenvalue weighted by Gasteiger charge is 1.99. The fourth-order valence-electron chi connectivity index (χ4n) is 2.00. The summed E-state index contributed by atoms with van der Waals surface area (Å²) < 4.78 is 0. The third kappa shape index (κ3) is 3.15. The number of fused-ring (bicyclic) bond motifs is 1. The van der Waals surface area contributed by atoms with Crippen LogP contribution in [0.5, 0.6) is 0 Å². The van der Waals surface area contributed by atoms with Crippen LogP contribution < -0.4 is 0 Å². The van der Waals surface area contributed by atoms with E-state index in [1.165, 1.54) is 0 Å². The van der Waals surface area contributed by atoms with E-state index < -0.39 is 0 Å². The number of hydrogen-bond donors (Lipinski definition) is 1. The van der Waals surface area contributed by atoms with E-state index in [1.807, 2.05) is 30.5 Å². The summed E-state index contributed by atoms with van der Waals surface area (Å²) in [6.07, 6.45) is 5.21. The average molecular weight is 316 g/mol. The summed E-state index contributed by atoms with van der Waals surface area (Å²) in [6, 6.07) is 13.3. The largest absolute Gasteiger partial charge is 0.361 e. The van der Waals surface area contributed by atoms with E-state index in [1.54, 1.807) is 30.6 Å². The number of nitrogens with one attached hydrogen (secondary N) is 1. The molecule has 21 heavy (non-hydrogen) atoms. The number of aromatic nitrogens is 1. The molecule has 0 aliphatic heterocycles. The van der Waals surface area contributed by atoms with Gasteiger partial charge in [-0.15, -0.1) is 0 Å². The van der Waals surface area contributed by atoms with Gasteiger partial charge in [0.2, 0.25) is 0 Å². The molecule has 5 heteroatoms. The quantitative estimate of drug-likeness (QED) is 0.526. The van der Waals surface area contributed by atoms with Gasteiger partial charge in [-0.1, -0.05) is 47.5 Å². The Balaban J connectivity index is 1.79. The van der Waals surface area contributed by atoms with Crippen LogP contribution in [-0.2, 0) is 0 Å². The number of H-pyrrole nitrogens is 1. The van der Waals surface area contributed by atoms with E-state index in [4.69, 9.17) is 23.2 Å². The molecule has 104 valence electrons. The van der Waals surface area contributed by atoms with E-state index in [0.29, 0.717) is 10.0 Å². The van der Waals surface area contributed by atoms with E-state index in [-0.39, 0.29) is 0 Å². The molecule has 0 fully saturated rings. The molecule has 0 atom stereocenters. The second-order valence-corrected chi connectivity index (χ2v) is 5.29. The first-order valence-electron chi connectivity index (χ1n) is 6.31. The highest BCUT2D eigenvalue weighted by molar-refractivity contribution is 6.36. The molecule has 0 saturated heterocycles. The van der Waals surface area contributed by atoms with Gasteiger partial charge >= 0.3 is 0 Å². The first-order chi connectivity index (χ1) is 10.2. The van der Waals surface area contributed by atoms with Crippen molar-refractivity contribution in [2.75, 3.05) is 0 Å². The predicted molar refractivity (Wildman–Crippen MR) is 89.9 cm³/mol. The zero-order valence-electron chi connectivity index (χ0n) is 10.9. The smallest absolute Gasteiger partial charge is 0.0589 e. The van der Waals surface area contributed by atoms with Crippen molar-refractivity contribution in [3.63, 3.8) is 0 Å². The fourth-order valence-corrected chi connectivity index (χ4v) is 2.46. The van der Waals surface area contributed by atoms with Crippen LogP contribution >= 0.6 is 23.2 Å². The van der Waals surface area contributed by atoms with E-state index >= 15 is 0 Å². The highest BCUT2D eigenvalue weighted by atomic mass is 35.5. The summed E-state index contributed by atoms with van der Waals surface area (Å²) >= 11 is 11.9. The van der Waals surface area contributed by atoms with Gasteiger partial charge in [0, 0.05) is 33.2 Å². The standard InChI is InChI=1S/C16H11Cl2N3/c17-13-6-5-11(15(18)7-13)9-20-21-10-12-8-19-16-4-2-1-3-14(12)16/h1-10,19H/b20-9+,21-10+. The number of rotatable bonds is 3. The lowest BCUT2D eigenvalue weighted by molar-refractivity contribution is 1.26. The van der Waals surface area contributed by atoms with Gasteiger partial charge in [-0.25, -0.2) is 0 Å². The number of halogens is 2. The van der Waals surface area contributed by atoms with Gasteiger partial charge in [-0.05, 0) is 18.2 Å². The summed E-state index contributed by atoms with van der Waals surface area (Å²) in [6.45, 7) is 0. The van der Waals surface area contributed by atoms with E-state index in [9.17, 15) is 0 Å². The van der Waals surface area contributed by atoms with Crippen molar-refractivity contribution in [3.8, 4) is 0 Å². The lowest BCUT2D eigenvalue weighted by Gasteiger charge is -1.96. The lowest BCUT2D eigenvalue weighted by Crippen LogP contribution is -1.82. The van der Waals surface area contributed by atoms with Gasteiger partial charge in [0.1, 0.15) is 0 Å². The Hall–Kier alpha value is -2.10. The average Bonchev–Trinajstić information content (AvgIpc) is 2.89. The lowest BCUT2D eigenvalue weighted by atomic mass is 10.2. The first kappa shape index (κ1) is 13.9. The van der Waals surface area contributed by atoms with Crippen molar-refractivity contribution in [1.82, 2.24) is 4.98 Å². The van der Waals surface area contributed by atoms with Gasteiger partial charge in [-0.3, -0.25) is 0 Å². The van der Waals surface area contributed by atoms with Crippen LogP contribution in [0.3, 0.4) is 0 Å². The van der Waals surface area contributed by atoms with Crippen molar-refractivity contribution in [3.05, 3.63) is 69.8 Å². The Labute approximate surface area is 131 Å². The van der Waals surface area contributed by atoms with E-state index in [2.05, 4.69) is 15.2 Å².